The van der Waals surface area contributed by atoms with Gasteiger partial charge in [0.15, 0.2) is 0 Å². The van der Waals surface area contributed by atoms with E-state index >= 15 is 0 Å². The highest BCUT2D eigenvalue weighted by molar-refractivity contribution is 5.77. The van der Waals surface area contributed by atoms with E-state index < -0.39 is 6.10 Å². The number of rotatable bonds is 5. The number of nitrogens with zero attached hydrogens (tertiary/aromatic N) is 1. The average molecular weight is 324 g/mol. The van der Waals surface area contributed by atoms with Gasteiger partial charge in [-0.05, 0) is 30.5 Å². The fourth-order valence-corrected chi connectivity index (χ4v) is 3.18. The van der Waals surface area contributed by atoms with Crippen LogP contribution in [0.3, 0.4) is 0 Å². The predicted octanol–water partition coefficient (Wildman–Crippen LogP) is 3.21. The molecule has 4 heteroatoms. The second-order valence-corrected chi connectivity index (χ2v) is 6.32. The van der Waals surface area contributed by atoms with Gasteiger partial charge in [-0.15, -0.1) is 0 Å². The van der Waals surface area contributed by atoms with Gasteiger partial charge in [-0.1, -0.05) is 48.5 Å². The molecular formula is C20H24N2O2. The number of anilines is 1. The van der Waals surface area contributed by atoms with Crippen LogP contribution in [0.2, 0.25) is 0 Å². The second-order valence-electron chi connectivity index (χ2n) is 6.32. The van der Waals surface area contributed by atoms with E-state index in [1.807, 2.05) is 65.6 Å². The first-order valence-corrected chi connectivity index (χ1v) is 8.55. The van der Waals surface area contributed by atoms with Crippen molar-refractivity contribution in [2.45, 2.75) is 31.4 Å². The minimum Gasteiger partial charge on any atom is -0.388 e. The maximum Gasteiger partial charge on any atom is 0.225 e. The fraction of sp³-hybridized carbons (Fsp3) is 0.350. The van der Waals surface area contributed by atoms with Crippen LogP contribution in [0.5, 0.6) is 0 Å². The Hall–Kier alpha value is -2.33. The van der Waals surface area contributed by atoms with E-state index in [9.17, 15) is 9.90 Å². The molecule has 2 unspecified atom stereocenters. The lowest BCUT2D eigenvalue weighted by molar-refractivity contribution is -0.134. The molecule has 1 amide bonds. The normalized spacial score (nSPS) is 18.9. The number of amides is 1. The van der Waals surface area contributed by atoms with E-state index in [1.54, 1.807) is 0 Å². The van der Waals surface area contributed by atoms with Crippen molar-refractivity contribution in [1.82, 2.24) is 4.90 Å². The Bertz CT molecular complexity index is 645. The van der Waals surface area contributed by atoms with Crippen LogP contribution < -0.4 is 5.32 Å². The number of hydrogen-bond acceptors (Lipinski definition) is 3. The first kappa shape index (κ1) is 16.5. The van der Waals surface area contributed by atoms with Crippen molar-refractivity contribution in [3.8, 4) is 0 Å². The summed E-state index contributed by atoms with van der Waals surface area (Å²) in [5.74, 6) is 0.0194. The molecule has 0 bridgehead atoms. The summed E-state index contributed by atoms with van der Waals surface area (Å²) >= 11 is 0. The Morgan fingerprint density at radius 1 is 1.12 bits per heavy atom. The predicted molar refractivity (Wildman–Crippen MR) is 95.7 cm³/mol. The van der Waals surface area contributed by atoms with E-state index in [2.05, 4.69) is 5.32 Å². The molecule has 3 rings (SSSR count). The first-order chi connectivity index (χ1) is 11.7. The van der Waals surface area contributed by atoms with Gasteiger partial charge in [0, 0.05) is 24.8 Å². The van der Waals surface area contributed by atoms with Gasteiger partial charge in [0.2, 0.25) is 5.91 Å². The minimum absolute atomic E-state index is 0.0194. The lowest BCUT2D eigenvalue weighted by Crippen LogP contribution is -2.45. The van der Waals surface area contributed by atoms with Crippen molar-refractivity contribution in [2.24, 2.45) is 0 Å². The van der Waals surface area contributed by atoms with E-state index in [0.29, 0.717) is 6.54 Å². The van der Waals surface area contributed by atoms with Gasteiger partial charge in [0.1, 0.15) is 0 Å². The summed E-state index contributed by atoms with van der Waals surface area (Å²) in [5.41, 5.74) is 1.88. The van der Waals surface area contributed by atoms with Gasteiger partial charge in [0.05, 0.1) is 12.5 Å². The summed E-state index contributed by atoms with van der Waals surface area (Å²) in [4.78, 5) is 14.4. The van der Waals surface area contributed by atoms with Crippen molar-refractivity contribution in [3.63, 3.8) is 0 Å². The third-order valence-electron chi connectivity index (χ3n) is 4.47. The zero-order valence-corrected chi connectivity index (χ0v) is 13.8. The number of nitrogens with one attached hydrogen (secondary N) is 1. The maximum atomic E-state index is 12.5. The molecule has 1 saturated heterocycles. The van der Waals surface area contributed by atoms with Crippen LogP contribution in [0.1, 0.15) is 30.9 Å². The first-order valence-electron chi connectivity index (χ1n) is 8.55. The Labute approximate surface area is 143 Å². The molecule has 1 aliphatic rings. The van der Waals surface area contributed by atoms with Crippen LogP contribution >= 0.6 is 0 Å². The van der Waals surface area contributed by atoms with Crippen molar-refractivity contribution in [3.05, 3.63) is 66.2 Å². The standard InChI is InChI=1S/C20H24N2O2/c23-19(16-8-3-1-4-9-16)14-20(24)22-13-7-12-18(15-22)21-17-10-5-2-6-11-17/h1-6,8-11,18-19,21,23H,7,12-15H2. The quantitative estimate of drug-likeness (QED) is 0.888. The number of carbonyl (C=O) groups is 1. The number of carbonyl (C=O) groups excluding carboxylic acids is 1. The highest BCUT2D eigenvalue weighted by atomic mass is 16.3. The Morgan fingerprint density at radius 2 is 1.79 bits per heavy atom. The van der Waals surface area contributed by atoms with Crippen molar-refractivity contribution < 1.29 is 9.90 Å². The van der Waals surface area contributed by atoms with Gasteiger partial charge in [-0.25, -0.2) is 0 Å². The fourth-order valence-electron chi connectivity index (χ4n) is 3.18. The molecule has 2 aromatic rings. The smallest absolute Gasteiger partial charge is 0.225 e. The molecule has 1 fully saturated rings. The van der Waals surface area contributed by atoms with E-state index in [1.165, 1.54) is 0 Å². The number of piperidine rings is 1. The van der Waals surface area contributed by atoms with Gasteiger partial charge >= 0.3 is 0 Å². The number of para-hydroxylation sites is 1. The minimum atomic E-state index is -0.735. The summed E-state index contributed by atoms with van der Waals surface area (Å²) in [5, 5.41) is 13.8. The number of aliphatic hydroxyl groups is 1. The highest BCUT2D eigenvalue weighted by Crippen LogP contribution is 2.20. The summed E-state index contributed by atoms with van der Waals surface area (Å²) < 4.78 is 0. The van der Waals surface area contributed by atoms with Gasteiger partial charge < -0.3 is 15.3 Å². The molecule has 2 N–H and O–H groups in total. The third-order valence-corrected chi connectivity index (χ3v) is 4.47. The number of hydrogen-bond donors (Lipinski definition) is 2. The Kier molecular flexibility index (Phi) is 5.49. The molecule has 0 radical (unpaired) electrons. The highest BCUT2D eigenvalue weighted by Gasteiger charge is 2.25. The second kappa shape index (κ2) is 7.97. The van der Waals surface area contributed by atoms with E-state index in [4.69, 9.17) is 0 Å². The molecule has 24 heavy (non-hydrogen) atoms. The van der Waals surface area contributed by atoms with Crippen molar-refractivity contribution >= 4 is 11.6 Å². The number of aliphatic hydroxyl groups excluding tert-OH is 1. The number of likely N-dealkylation sites (tertiary alicyclic amines) is 1. The summed E-state index contributed by atoms with van der Waals surface area (Å²) in [6.45, 7) is 1.46. The molecule has 2 aromatic carbocycles. The molecular weight excluding hydrogens is 300 g/mol. The SMILES string of the molecule is O=C(CC(O)c1ccccc1)N1CCCC(Nc2ccccc2)C1. The lowest BCUT2D eigenvalue weighted by Gasteiger charge is -2.34. The summed E-state index contributed by atoms with van der Waals surface area (Å²) in [7, 11) is 0. The van der Waals surface area contributed by atoms with E-state index in [-0.39, 0.29) is 18.4 Å². The Morgan fingerprint density at radius 3 is 2.50 bits per heavy atom. The molecule has 1 heterocycles. The van der Waals surface area contributed by atoms with Crippen LogP contribution in [0.15, 0.2) is 60.7 Å². The molecule has 0 saturated carbocycles. The maximum absolute atomic E-state index is 12.5. The summed E-state index contributed by atoms with van der Waals surface area (Å²) in [6, 6.07) is 19.7. The topological polar surface area (TPSA) is 52.6 Å². The Balaban J connectivity index is 1.55. The van der Waals surface area contributed by atoms with Crippen LogP contribution in [-0.4, -0.2) is 35.0 Å². The monoisotopic (exact) mass is 324 g/mol. The molecule has 0 spiro atoms. The van der Waals surface area contributed by atoms with Crippen molar-refractivity contribution in [2.75, 3.05) is 18.4 Å². The molecule has 0 aliphatic carbocycles. The molecule has 1 aliphatic heterocycles. The van der Waals surface area contributed by atoms with Gasteiger partial charge in [-0.3, -0.25) is 4.79 Å². The average Bonchev–Trinajstić information content (AvgIpc) is 2.63. The van der Waals surface area contributed by atoms with Crippen LogP contribution in [0.25, 0.3) is 0 Å². The molecule has 126 valence electrons. The lowest BCUT2D eigenvalue weighted by atomic mass is 10.0. The van der Waals surface area contributed by atoms with Gasteiger partial charge in [-0.2, -0.15) is 0 Å². The van der Waals surface area contributed by atoms with Crippen molar-refractivity contribution in [1.29, 1.82) is 0 Å². The van der Waals surface area contributed by atoms with Gasteiger partial charge in [0.25, 0.3) is 0 Å². The zero-order chi connectivity index (χ0) is 16.8. The zero-order valence-electron chi connectivity index (χ0n) is 13.8. The largest absolute Gasteiger partial charge is 0.388 e. The van der Waals surface area contributed by atoms with Crippen LogP contribution in [0.4, 0.5) is 5.69 Å². The van der Waals surface area contributed by atoms with Crippen LogP contribution in [-0.2, 0) is 4.79 Å². The molecule has 4 nitrogen and oxygen atoms in total. The molecule has 2 atom stereocenters. The third kappa shape index (κ3) is 4.36. The number of benzene rings is 2. The molecule has 0 aromatic heterocycles. The van der Waals surface area contributed by atoms with Crippen LogP contribution in [0, 0.1) is 0 Å². The van der Waals surface area contributed by atoms with E-state index in [0.717, 1.165) is 30.6 Å². The summed E-state index contributed by atoms with van der Waals surface area (Å²) in [6.07, 6.45) is 1.45.